The van der Waals surface area contributed by atoms with E-state index in [1.54, 1.807) is 36.4 Å². The van der Waals surface area contributed by atoms with E-state index in [1.165, 1.54) is 6.07 Å². The summed E-state index contributed by atoms with van der Waals surface area (Å²) in [4.78, 5) is 26.5. The number of rotatable bonds is 7. The van der Waals surface area contributed by atoms with Crippen molar-refractivity contribution in [3.63, 3.8) is 0 Å². The number of halogens is 1. The lowest BCUT2D eigenvalue weighted by molar-refractivity contribution is 0.0969. The molecule has 0 saturated heterocycles. The lowest BCUT2D eigenvalue weighted by Crippen LogP contribution is -2.20. The van der Waals surface area contributed by atoms with Crippen LogP contribution in [0.25, 0.3) is 11.0 Å². The largest absolute Gasteiger partial charge is 0.489 e. The van der Waals surface area contributed by atoms with Crippen LogP contribution in [0.1, 0.15) is 27.9 Å². The van der Waals surface area contributed by atoms with Crippen molar-refractivity contribution in [1.82, 2.24) is 4.90 Å². The van der Waals surface area contributed by atoms with Crippen LogP contribution in [0, 0.1) is 12.7 Å². The number of hydrogen-bond acceptors (Lipinski definition) is 5. The fourth-order valence-electron chi connectivity index (χ4n) is 2.88. The molecule has 0 bridgehead atoms. The normalized spacial score (nSPS) is 11.2. The fourth-order valence-corrected chi connectivity index (χ4v) is 2.88. The van der Waals surface area contributed by atoms with Crippen LogP contribution in [0.4, 0.5) is 4.39 Å². The number of benzene rings is 2. The maximum atomic E-state index is 13.7. The number of ether oxygens (including phenoxy) is 1. The number of Topliss-reactive ketones (excluding diaryl/α,β-unsaturated/α-hetero) is 1. The Morgan fingerprint density at radius 3 is 2.64 bits per heavy atom. The van der Waals surface area contributed by atoms with E-state index in [1.807, 2.05) is 25.9 Å². The Labute approximate surface area is 162 Å². The molecule has 0 unspecified atom stereocenters. The smallest absolute Gasteiger partial charge is 0.347 e. The second-order valence-electron chi connectivity index (χ2n) is 6.96. The maximum absolute atomic E-state index is 13.7. The van der Waals surface area contributed by atoms with Crippen LogP contribution in [-0.2, 0) is 6.61 Å². The van der Waals surface area contributed by atoms with Gasteiger partial charge in [0.05, 0.1) is 0 Å². The molecule has 0 aliphatic rings. The van der Waals surface area contributed by atoms with Crippen molar-refractivity contribution < 1.29 is 18.3 Å². The van der Waals surface area contributed by atoms with Gasteiger partial charge >= 0.3 is 5.63 Å². The molecule has 28 heavy (non-hydrogen) atoms. The summed E-state index contributed by atoms with van der Waals surface area (Å²) >= 11 is 0. The predicted molar refractivity (Wildman–Crippen MR) is 105 cm³/mol. The summed E-state index contributed by atoms with van der Waals surface area (Å²) in [6.07, 6.45) is 0.242. The number of nitrogens with zero attached hydrogens (tertiary/aromatic N) is 1. The summed E-state index contributed by atoms with van der Waals surface area (Å²) in [5.41, 5.74) is 0.951. The highest BCUT2D eigenvalue weighted by Gasteiger charge is 2.16. The molecule has 146 valence electrons. The van der Waals surface area contributed by atoms with Crippen molar-refractivity contribution in [3.05, 3.63) is 75.4 Å². The highest BCUT2D eigenvalue weighted by Crippen LogP contribution is 2.26. The zero-order chi connectivity index (χ0) is 20.3. The molecular formula is C22H22FNO4. The van der Waals surface area contributed by atoms with E-state index >= 15 is 0 Å². The summed E-state index contributed by atoms with van der Waals surface area (Å²) in [6.45, 7) is 2.45. The number of ketones is 1. The fraction of sp³-hybridized carbons (Fsp3) is 0.273. The SMILES string of the molecule is Cc1cc(OCc2ccccc2F)cc2oc(=O)c(C(=O)CCN(C)C)cc12. The number of carbonyl (C=O) groups is 1. The molecule has 0 atom stereocenters. The summed E-state index contributed by atoms with van der Waals surface area (Å²) in [5.74, 6) is -0.126. The summed E-state index contributed by atoms with van der Waals surface area (Å²) in [5, 5.41) is 0.672. The molecule has 0 saturated carbocycles. The number of hydrogen-bond donors (Lipinski definition) is 0. The Balaban J connectivity index is 1.87. The van der Waals surface area contributed by atoms with Crippen LogP contribution in [0.15, 0.2) is 51.7 Å². The van der Waals surface area contributed by atoms with Crippen molar-refractivity contribution >= 4 is 16.8 Å². The summed E-state index contributed by atoms with van der Waals surface area (Å²) in [7, 11) is 3.73. The van der Waals surface area contributed by atoms with Gasteiger partial charge in [0.15, 0.2) is 5.78 Å². The molecule has 0 fully saturated rings. The van der Waals surface area contributed by atoms with Gasteiger partial charge in [0, 0.05) is 30.0 Å². The van der Waals surface area contributed by atoms with Gasteiger partial charge in [0.1, 0.15) is 29.3 Å². The van der Waals surface area contributed by atoms with E-state index in [-0.39, 0.29) is 30.2 Å². The van der Waals surface area contributed by atoms with E-state index in [2.05, 4.69) is 0 Å². The molecule has 1 heterocycles. The molecule has 3 aromatic rings. The molecule has 2 aromatic carbocycles. The first-order valence-electron chi connectivity index (χ1n) is 8.98. The number of fused-ring (bicyclic) bond motifs is 1. The Morgan fingerprint density at radius 2 is 1.93 bits per heavy atom. The first-order chi connectivity index (χ1) is 13.3. The molecule has 0 spiro atoms. The molecule has 0 aliphatic heterocycles. The predicted octanol–water partition coefficient (Wildman–Crippen LogP) is 3.95. The zero-order valence-corrected chi connectivity index (χ0v) is 16.1. The minimum atomic E-state index is -0.665. The maximum Gasteiger partial charge on any atom is 0.347 e. The van der Waals surface area contributed by atoms with Crippen LogP contribution in [0.3, 0.4) is 0 Å². The summed E-state index contributed by atoms with van der Waals surface area (Å²) < 4.78 is 24.8. The first kappa shape index (κ1) is 19.8. The van der Waals surface area contributed by atoms with Crippen LogP contribution < -0.4 is 10.4 Å². The average Bonchev–Trinajstić information content (AvgIpc) is 2.65. The lowest BCUT2D eigenvalue weighted by Gasteiger charge is -2.11. The Kier molecular flexibility index (Phi) is 5.90. The van der Waals surface area contributed by atoms with Gasteiger partial charge < -0.3 is 14.1 Å². The van der Waals surface area contributed by atoms with Gasteiger partial charge in [0.2, 0.25) is 0 Å². The minimum Gasteiger partial charge on any atom is -0.489 e. The van der Waals surface area contributed by atoms with E-state index < -0.39 is 5.63 Å². The number of aryl methyl sites for hydroxylation is 1. The lowest BCUT2D eigenvalue weighted by atomic mass is 10.0. The first-order valence-corrected chi connectivity index (χ1v) is 8.98. The highest BCUT2D eigenvalue weighted by molar-refractivity contribution is 5.98. The molecule has 3 rings (SSSR count). The molecule has 1 aromatic heterocycles. The molecule has 0 radical (unpaired) electrons. The topological polar surface area (TPSA) is 59.8 Å². The van der Waals surface area contributed by atoms with Gasteiger partial charge in [-0.2, -0.15) is 0 Å². The van der Waals surface area contributed by atoms with Crippen molar-refractivity contribution in [1.29, 1.82) is 0 Å². The number of carbonyl (C=O) groups excluding carboxylic acids is 1. The monoisotopic (exact) mass is 383 g/mol. The van der Waals surface area contributed by atoms with E-state index in [4.69, 9.17) is 9.15 Å². The zero-order valence-electron chi connectivity index (χ0n) is 16.1. The molecular weight excluding hydrogens is 361 g/mol. The van der Waals surface area contributed by atoms with E-state index in [9.17, 15) is 14.0 Å². The molecule has 6 heteroatoms. The van der Waals surface area contributed by atoms with Crippen molar-refractivity contribution in [2.24, 2.45) is 0 Å². The highest BCUT2D eigenvalue weighted by atomic mass is 19.1. The molecule has 0 amide bonds. The average molecular weight is 383 g/mol. The second kappa shape index (κ2) is 8.35. The van der Waals surface area contributed by atoms with Crippen molar-refractivity contribution in [3.8, 4) is 5.75 Å². The summed E-state index contributed by atoms with van der Waals surface area (Å²) in [6, 6.07) is 11.3. The molecule has 0 N–H and O–H groups in total. The third-order valence-electron chi connectivity index (χ3n) is 4.47. The van der Waals surface area contributed by atoms with Gasteiger partial charge in [-0.25, -0.2) is 9.18 Å². The minimum absolute atomic E-state index is 0.0532. The van der Waals surface area contributed by atoms with Crippen LogP contribution in [0.5, 0.6) is 5.75 Å². The third-order valence-corrected chi connectivity index (χ3v) is 4.47. The quantitative estimate of drug-likeness (QED) is 0.457. The van der Waals surface area contributed by atoms with Crippen molar-refractivity contribution in [2.75, 3.05) is 20.6 Å². The Morgan fingerprint density at radius 1 is 1.18 bits per heavy atom. The van der Waals surface area contributed by atoms with Gasteiger partial charge in [-0.05, 0) is 44.8 Å². The van der Waals surface area contributed by atoms with Crippen molar-refractivity contribution in [2.45, 2.75) is 20.0 Å². The van der Waals surface area contributed by atoms with Gasteiger partial charge in [-0.3, -0.25) is 4.79 Å². The van der Waals surface area contributed by atoms with Gasteiger partial charge in [-0.1, -0.05) is 18.2 Å². The van der Waals surface area contributed by atoms with Crippen LogP contribution >= 0.6 is 0 Å². The Hall–Kier alpha value is -2.99. The second-order valence-corrected chi connectivity index (χ2v) is 6.96. The molecule has 5 nitrogen and oxygen atoms in total. The standard InChI is InChI=1S/C22H22FNO4/c1-14-10-16(27-13-15-6-4-5-7-19(15)23)11-21-17(14)12-18(22(26)28-21)20(25)8-9-24(2)3/h4-7,10-12H,8-9,13H2,1-3H3. The molecule has 0 aliphatic carbocycles. The van der Waals surface area contributed by atoms with Crippen LogP contribution in [0.2, 0.25) is 0 Å². The van der Waals surface area contributed by atoms with Crippen LogP contribution in [-0.4, -0.2) is 31.3 Å². The Bertz CT molecular complexity index is 1070. The third kappa shape index (κ3) is 4.46. The van der Waals surface area contributed by atoms with E-state index in [0.717, 1.165) is 5.56 Å². The van der Waals surface area contributed by atoms with Gasteiger partial charge in [0.25, 0.3) is 0 Å². The van der Waals surface area contributed by atoms with E-state index in [0.29, 0.717) is 28.8 Å². The van der Waals surface area contributed by atoms with Gasteiger partial charge in [-0.15, -0.1) is 0 Å².